The Balaban J connectivity index is 4.52. The minimum absolute atomic E-state index is 0.131. The summed E-state index contributed by atoms with van der Waals surface area (Å²) in [5.41, 5.74) is 3.97. The van der Waals surface area contributed by atoms with Gasteiger partial charge in [-0.1, -0.05) is 54.9 Å². The summed E-state index contributed by atoms with van der Waals surface area (Å²) in [6, 6.07) is 0. The summed E-state index contributed by atoms with van der Waals surface area (Å²) < 4.78 is 0. The molecule has 0 aromatic heterocycles. The molecule has 2 atom stereocenters. The van der Waals surface area contributed by atoms with Crippen molar-refractivity contribution in [2.45, 2.75) is 54.4 Å². The van der Waals surface area contributed by atoms with Crippen molar-refractivity contribution in [1.82, 2.24) is 5.06 Å². The van der Waals surface area contributed by atoms with Crippen molar-refractivity contribution in [3.63, 3.8) is 0 Å². The predicted molar refractivity (Wildman–Crippen MR) is 103 cm³/mol. The van der Waals surface area contributed by atoms with Gasteiger partial charge in [-0.25, -0.2) is 5.06 Å². The second-order valence-corrected chi connectivity index (χ2v) is 6.81. The molecule has 3 nitrogen and oxygen atoms in total. The van der Waals surface area contributed by atoms with Crippen LogP contribution in [0.5, 0.6) is 0 Å². The van der Waals surface area contributed by atoms with Crippen LogP contribution in [0.1, 0.15) is 54.4 Å². The average molecular weight is 334 g/mol. The number of rotatable bonds is 9. The Hall–Kier alpha value is -1.61. The molecule has 0 aromatic carbocycles. The van der Waals surface area contributed by atoms with E-state index in [0.717, 1.165) is 12.8 Å². The van der Waals surface area contributed by atoms with E-state index in [0.29, 0.717) is 11.8 Å². The van der Waals surface area contributed by atoms with Crippen LogP contribution in [0.4, 0.5) is 0 Å². The predicted octanol–water partition coefficient (Wildman–Crippen LogP) is 5.47. The van der Waals surface area contributed by atoms with Crippen LogP contribution >= 0.6 is 0 Å². The highest BCUT2D eigenvalue weighted by atomic mass is 16.7. The van der Waals surface area contributed by atoms with Crippen molar-refractivity contribution < 1.29 is 9.63 Å². The van der Waals surface area contributed by atoms with E-state index in [9.17, 15) is 4.79 Å². The van der Waals surface area contributed by atoms with Crippen LogP contribution in [0.3, 0.4) is 0 Å². The molecule has 1 amide bonds. The summed E-state index contributed by atoms with van der Waals surface area (Å²) in [6.45, 7) is 12.9. The SMILES string of the molecule is C/C=C(C)/C=C(C)/C=C(\C)C[C@H](C)C[C@H](C)/C=C/C(=O)N(C)OC. The third kappa shape index (κ3) is 10.2. The van der Waals surface area contributed by atoms with Gasteiger partial charge in [-0.3, -0.25) is 9.63 Å². The van der Waals surface area contributed by atoms with Crippen LogP contribution in [0.15, 0.2) is 47.1 Å². The maximum absolute atomic E-state index is 11.7. The van der Waals surface area contributed by atoms with E-state index in [1.54, 1.807) is 13.1 Å². The molecule has 0 spiro atoms. The van der Waals surface area contributed by atoms with Gasteiger partial charge in [0.15, 0.2) is 0 Å². The molecule has 0 aliphatic rings. The number of nitrogens with zero attached hydrogens (tertiary/aromatic N) is 1. The van der Waals surface area contributed by atoms with E-state index in [-0.39, 0.29) is 5.91 Å². The van der Waals surface area contributed by atoms with Gasteiger partial charge in [0.05, 0.1) is 7.11 Å². The fourth-order valence-electron chi connectivity index (χ4n) is 2.72. The highest BCUT2D eigenvalue weighted by Crippen LogP contribution is 2.21. The zero-order chi connectivity index (χ0) is 18.7. The highest BCUT2D eigenvalue weighted by Gasteiger charge is 2.09. The molecule has 0 aliphatic carbocycles. The minimum Gasteiger partial charge on any atom is -0.274 e. The zero-order valence-electron chi connectivity index (χ0n) is 16.7. The van der Waals surface area contributed by atoms with Crippen LogP contribution in [-0.4, -0.2) is 25.1 Å². The second kappa shape index (κ2) is 11.9. The fourth-order valence-corrected chi connectivity index (χ4v) is 2.72. The number of carbonyl (C=O) groups is 1. The monoisotopic (exact) mass is 333 g/mol. The number of hydrogen-bond acceptors (Lipinski definition) is 2. The van der Waals surface area contributed by atoms with Crippen molar-refractivity contribution >= 4 is 5.91 Å². The Kier molecular flexibility index (Phi) is 11.1. The van der Waals surface area contributed by atoms with E-state index in [2.05, 4.69) is 59.8 Å². The first-order chi connectivity index (χ1) is 11.2. The van der Waals surface area contributed by atoms with Crippen LogP contribution in [-0.2, 0) is 9.63 Å². The lowest BCUT2D eigenvalue weighted by Crippen LogP contribution is -2.23. The van der Waals surface area contributed by atoms with Crippen LogP contribution in [0.25, 0.3) is 0 Å². The topological polar surface area (TPSA) is 29.5 Å². The van der Waals surface area contributed by atoms with Gasteiger partial charge in [0.25, 0.3) is 5.91 Å². The summed E-state index contributed by atoms with van der Waals surface area (Å²) in [5, 5.41) is 1.22. The number of likely N-dealkylation sites (N-methyl/N-ethyl adjacent to an activating group) is 1. The molecule has 0 unspecified atom stereocenters. The lowest BCUT2D eigenvalue weighted by Gasteiger charge is -2.16. The lowest BCUT2D eigenvalue weighted by molar-refractivity contribution is -0.162. The molecule has 0 aliphatic heterocycles. The van der Waals surface area contributed by atoms with E-state index in [1.807, 2.05) is 6.08 Å². The van der Waals surface area contributed by atoms with Gasteiger partial charge in [-0.05, 0) is 52.4 Å². The third-order valence-electron chi connectivity index (χ3n) is 3.98. The van der Waals surface area contributed by atoms with E-state index < -0.39 is 0 Å². The van der Waals surface area contributed by atoms with Gasteiger partial charge in [0.1, 0.15) is 0 Å². The van der Waals surface area contributed by atoms with Gasteiger partial charge in [-0.15, -0.1) is 0 Å². The van der Waals surface area contributed by atoms with Crippen molar-refractivity contribution in [3.8, 4) is 0 Å². The van der Waals surface area contributed by atoms with Crippen LogP contribution in [0.2, 0.25) is 0 Å². The summed E-state index contributed by atoms with van der Waals surface area (Å²) in [5.74, 6) is 0.809. The Morgan fingerprint density at radius 3 is 2.29 bits per heavy atom. The van der Waals surface area contributed by atoms with Gasteiger partial charge < -0.3 is 0 Å². The van der Waals surface area contributed by atoms with Gasteiger partial charge in [-0.2, -0.15) is 0 Å². The third-order valence-corrected chi connectivity index (χ3v) is 3.98. The molecule has 0 aromatic rings. The van der Waals surface area contributed by atoms with Gasteiger partial charge >= 0.3 is 0 Å². The molecule has 0 fully saturated rings. The van der Waals surface area contributed by atoms with E-state index >= 15 is 0 Å². The van der Waals surface area contributed by atoms with Crippen molar-refractivity contribution in [1.29, 1.82) is 0 Å². The first-order valence-corrected chi connectivity index (χ1v) is 8.67. The second-order valence-electron chi connectivity index (χ2n) is 6.81. The first kappa shape index (κ1) is 22.4. The largest absolute Gasteiger partial charge is 0.274 e. The summed E-state index contributed by atoms with van der Waals surface area (Å²) in [6.07, 6.45) is 12.3. The van der Waals surface area contributed by atoms with Crippen LogP contribution < -0.4 is 0 Å². The Morgan fingerprint density at radius 2 is 1.75 bits per heavy atom. The molecule has 0 radical (unpaired) electrons. The van der Waals surface area contributed by atoms with Crippen molar-refractivity contribution in [2.24, 2.45) is 11.8 Å². The molecular formula is C21H35NO2. The van der Waals surface area contributed by atoms with Crippen molar-refractivity contribution in [3.05, 3.63) is 47.1 Å². The fraction of sp³-hybridized carbons (Fsp3) is 0.571. The molecule has 0 saturated carbocycles. The Labute approximate surface area is 148 Å². The number of amides is 1. The summed E-state index contributed by atoms with van der Waals surface area (Å²) >= 11 is 0. The molecule has 136 valence electrons. The number of carbonyl (C=O) groups excluding carboxylic acids is 1. The molecule has 3 heteroatoms. The smallest absolute Gasteiger partial charge is 0.269 e. The Bertz CT molecular complexity index is 512. The maximum atomic E-state index is 11.7. The average Bonchev–Trinajstić information content (AvgIpc) is 2.50. The van der Waals surface area contributed by atoms with E-state index in [4.69, 9.17) is 4.84 Å². The zero-order valence-corrected chi connectivity index (χ0v) is 16.7. The highest BCUT2D eigenvalue weighted by molar-refractivity contribution is 5.86. The Morgan fingerprint density at radius 1 is 1.12 bits per heavy atom. The molecule has 0 N–H and O–H groups in total. The van der Waals surface area contributed by atoms with Gasteiger partial charge in [0, 0.05) is 13.1 Å². The number of hydrogen-bond donors (Lipinski definition) is 0. The quantitative estimate of drug-likeness (QED) is 0.318. The molecule has 0 heterocycles. The molecule has 0 rings (SSSR count). The first-order valence-electron chi connectivity index (χ1n) is 8.67. The summed E-state index contributed by atoms with van der Waals surface area (Å²) in [7, 11) is 3.10. The molecule has 24 heavy (non-hydrogen) atoms. The van der Waals surface area contributed by atoms with Crippen LogP contribution in [0, 0.1) is 11.8 Å². The van der Waals surface area contributed by atoms with Gasteiger partial charge in [0.2, 0.25) is 0 Å². The number of hydroxylamine groups is 2. The minimum atomic E-state index is -0.131. The molecule has 0 bridgehead atoms. The summed E-state index contributed by atoms with van der Waals surface area (Å²) in [4.78, 5) is 16.5. The number of allylic oxidation sites excluding steroid dienone is 7. The molecular weight excluding hydrogens is 298 g/mol. The normalized spacial score (nSPS) is 16.4. The van der Waals surface area contributed by atoms with E-state index in [1.165, 1.54) is 28.9 Å². The lowest BCUT2D eigenvalue weighted by atomic mass is 9.91. The van der Waals surface area contributed by atoms with Crippen molar-refractivity contribution in [2.75, 3.05) is 14.2 Å². The molecule has 0 saturated heterocycles. The maximum Gasteiger partial charge on any atom is 0.269 e. The standard InChI is InChI=1S/C21H35NO2/c1-9-16(2)12-18(4)14-20(6)15-19(5)13-17(3)10-11-21(23)22(7)24-8/h9-12,14,17,19H,13,15H2,1-8H3/b11-10+,16-9+,18-12+,20-14+/t17-,19-/m1/s1.